The Kier molecular flexibility index (Phi) is 3.41. The van der Waals surface area contributed by atoms with Crippen LogP contribution in [0.5, 0.6) is 0 Å². The van der Waals surface area contributed by atoms with Crippen molar-refractivity contribution in [2.75, 3.05) is 13.1 Å². The van der Waals surface area contributed by atoms with Crippen molar-refractivity contribution in [3.63, 3.8) is 0 Å². The highest BCUT2D eigenvalue weighted by Crippen LogP contribution is 2.34. The molecule has 122 valence electrons. The van der Waals surface area contributed by atoms with Gasteiger partial charge in [-0.2, -0.15) is 0 Å². The van der Waals surface area contributed by atoms with E-state index in [4.69, 9.17) is 4.52 Å². The fourth-order valence-corrected chi connectivity index (χ4v) is 2.68. The maximum atomic E-state index is 14.0. The molecule has 1 amide bonds. The Hall–Kier alpha value is -2.96. The van der Waals surface area contributed by atoms with Crippen LogP contribution < -0.4 is 0 Å². The molecule has 0 aliphatic carbocycles. The molecule has 1 fully saturated rings. The van der Waals surface area contributed by atoms with Gasteiger partial charge in [-0.1, -0.05) is 11.2 Å². The molecule has 0 radical (unpaired) electrons. The molecule has 1 N–H and O–H groups in total. The molecule has 3 heterocycles. The highest BCUT2D eigenvalue weighted by atomic mass is 19.2. The second-order valence-electron chi connectivity index (χ2n) is 5.62. The molecule has 1 aromatic carbocycles. The smallest absolute Gasteiger partial charge is 0.270 e. The Bertz CT molecular complexity index is 912. The van der Waals surface area contributed by atoms with Crippen molar-refractivity contribution in [1.82, 2.24) is 15.0 Å². The van der Waals surface area contributed by atoms with Crippen molar-refractivity contribution in [3.05, 3.63) is 54.0 Å². The molecule has 1 saturated heterocycles. The summed E-state index contributed by atoms with van der Waals surface area (Å²) in [5.41, 5.74) is 1.54. The van der Waals surface area contributed by atoms with Gasteiger partial charge in [0.15, 0.2) is 17.4 Å². The molecule has 0 spiro atoms. The summed E-state index contributed by atoms with van der Waals surface area (Å²) in [5.74, 6) is -1.92. The van der Waals surface area contributed by atoms with Crippen LogP contribution in [0, 0.1) is 11.6 Å². The van der Waals surface area contributed by atoms with Crippen molar-refractivity contribution in [2.45, 2.75) is 6.42 Å². The Labute approximate surface area is 135 Å². The summed E-state index contributed by atoms with van der Waals surface area (Å²) in [6.45, 7) is 1.50. The SMILES string of the molecule is O=C(c1cc(-c2cnoc2-c2cccc(F)c2F)c[nH]1)N1CCC1. The zero-order valence-electron chi connectivity index (χ0n) is 12.6. The van der Waals surface area contributed by atoms with E-state index in [0.717, 1.165) is 25.6 Å². The fraction of sp³-hybridized carbons (Fsp3) is 0.176. The minimum Gasteiger partial charge on any atom is -0.357 e. The average molecular weight is 329 g/mol. The number of nitrogens with zero attached hydrogens (tertiary/aromatic N) is 2. The van der Waals surface area contributed by atoms with E-state index in [1.54, 1.807) is 17.2 Å². The van der Waals surface area contributed by atoms with Crippen molar-refractivity contribution >= 4 is 5.91 Å². The maximum Gasteiger partial charge on any atom is 0.270 e. The lowest BCUT2D eigenvalue weighted by atomic mass is 10.0. The first-order valence-corrected chi connectivity index (χ1v) is 7.52. The minimum absolute atomic E-state index is 0.0145. The Morgan fingerprint density at radius 1 is 1.25 bits per heavy atom. The summed E-state index contributed by atoms with van der Waals surface area (Å²) in [7, 11) is 0. The summed E-state index contributed by atoms with van der Waals surface area (Å²) >= 11 is 0. The zero-order chi connectivity index (χ0) is 16.7. The average Bonchev–Trinajstić information content (AvgIpc) is 3.16. The number of rotatable bonds is 3. The molecule has 0 unspecified atom stereocenters. The monoisotopic (exact) mass is 329 g/mol. The molecule has 5 nitrogen and oxygen atoms in total. The number of benzene rings is 1. The summed E-state index contributed by atoms with van der Waals surface area (Å²) in [6.07, 6.45) is 4.05. The highest BCUT2D eigenvalue weighted by molar-refractivity contribution is 5.95. The first-order chi connectivity index (χ1) is 11.6. The predicted molar refractivity (Wildman–Crippen MR) is 82.2 cm³/mol. The van der Waals surface area contributed by atoms with Crippen molar-refractivity contribution in [1.29, 1.82) is 0 Å². The largest absolute Gasteiger partial charge is 0.357 e. The van der Waals surface area contributed by atoms with Crippen LogP contribution in [-0.4, -0.2) is 34.0 Å². The second-order valence-corrected chi connectivity index (χ2v) is 5.62. The number of nitrogens with one attached hydrogen (secondary N) is 1. The summed E-state index contributed by atoms with van der Waals surface area (Å²) in [4.78, 5) is 16.9. The van der Waals surface area contributed by atoms with Gasteiger partial charge in [0.2, 0.25) is 0 Å². The number of amides is 1. The topological polar surface area (TPSA) is 62.1 Å². The van der Waals surface area contributed by atoms with Gasteiger partial charge in [-0.15, -0.1) is 0 Å². The van der Waals surface area contributed by atoms with Gasteiger partial charge in [0.05, 0.1) is 17.3 Å². The first kappa shape index (κ1) is 14.6. The number of hydrogen-bond acceptors (Lipinski definition) is 3. The molecule has 0 saturated carbocycles. The van der Waals surface area contributed by atoms with Crippen LogP contribution in [0.3, 0.4) is 0 Å². The molecule has 1 aliphatic rings. The van der Waals surface area contributed by atoms with Gasteiger partial charge >= 0.3 is 0 Å². The van der Waals surface area contributed by atoms with Crippen LogP contribution in [0.1, 0.15) is 16.9 Å². The molecule has 24 heavy (non-hydrogen) atoms. The van der Waals surface area contributed by atoms with Crippen LogP contribution in [0.2, 0.25) is 0 Å². The third-order valence-electron chi connectivity index (χ3n) is 4.13. The lowest BCUT2D eigenvalue weighted by Gasteiger charge is -2.30. The van der Waals surface area contributed by atoms with Crippen molar-refractivity contribution in [3.8, 4) is 22.5 Å². The van der Waals surface area contributed by atoms with E-state index in [2.05, 4.69) is 10.1 Å². The number of carbonyl (C=O) groups excluding carboxylic acids is 1. The number of carbonyl (C=O) groups is 1. The molecule has 0 bridgehead atoms. The van der Waals surface area contributed by atoms with Gasteiger partial charge in [0, 0.05) is 24.8 Å². The number of hydrogen-bond donors (Lipinski definition) is 1. The highest BCUT2D eigenvalue weighted by Gasteiger charge is 2.24. The molecule has 0 atom stereocenters. The molecule has 2 aromatic heterocycles. The quantitative estimate of drug-likeness (QED) is 0.800. The Balaban J connectivity index is 1.71. The summed E-state index contributed by atoms with van der Waals surface area (Å²) in [6, 6.07) is 5.51. The molecule has 3 aromatic rings. The molecular formula is C17H13F2N3O2. The number of aromatic amines is 1. The second kappa shape index (κ2) is 5.59. The maximum absolute atomic E-state index is 14.0. The molecule has 4 rings (SSSR count). The van der Waals surface area contributed by atoms with E-state index < -0.39 is 11.6 Å². The summed E-state index contributed by atoms with van der Waals surface area (Å²) in [5, 5.41) is 3.69. The van der Waals surface area contributed by atoms with Crippen LogP contribution in [0.25, 0.3) is 22.5 Å². The number of likely N-dealkylation sites (tertiary alicyclic amines) is 1. The van der Waals surface area contributed by atoms with Crippen molar-refractivity contribution in [2.24, 2.45) is 0 Å². The van der Waals surface area contributed by atoms with E-state index in [1.807, 2.05) is 0 Å². The summed E-state index contributed by atoms with van der Waals surface area (Å²) < 4.78 is 32.6. The molecular weight excluding hydrogens is 316 g/mol. The van der Waals surface area contributed by atoms with E-state index in [0.29, 0.717) is 16.8 Å². The predicted octanol–water partition coefficient (Wildman–Crippen LogP) is 3.46. The van der Waals surface area contributed by atoms with E-state index in [1.165, 1.54) is 18.3 Å². The standard InChI is InChI=1S/C17H13F2N3O2/c18-13-4-1-3-11(15(13)19)16-12(9-21-24-16)10-7-14(20-8-10)17(23)22-5-2-6-22/h1,3-4,7-9,20H,2,5-6H2. The number of H-pyrrole nitrogens is 1. The number of aromatic nitrogens is 2. The van der Waals surface area contributed by atoms with Crippen LogP contribution in [-0.2, 0) is 0 Å². The van der Waals surface area contributed by atoms with E-state index in [9.17, 15) is 13.6 Å². The number of halogens is 2. The normalized spacial score (nSPS) is 13.8. The molecule has 1 aliphatic heterocycles. The van der Waals surface area contributed by atoms with Gasteiger partial charge in [-0.25, -0.2) is 8.78 Å². The Morgan fingerprint density at radius 3 is 2.83 bits per heavy atom. The van der Waals surface area contributed by atoms with Gasteiger partial charge in [0.25, 0.3) is 5.91 Å². The molecule has 7 heteroatoms. The minimum atomic E-state index is -0.997. The van der Waals surface area contributed by atoms with Crippen LogP contribution in [0.4, 0.5) is 8.78 Å². The van der Waals surface area contributed by atoms with E-state index in [-0.39, 0.29) is 17.2 Å². The van der Waals surface area contributed by atoms with Gasteiger partial charge in [-0.3, -0.25) is 4.79 Å². The van der Waals surface area contributed by atoms with Crippen LogP contribution in [0.15, 0.2) is 41.2 Å². The lowest BCUT2D eigenvalue weighted by molar-refractivity contribution is 0.0646. The van der Waals surface area contributed by atoms with Crippen molar-refractivity contribution < 1.29 is 18.1 Å². The fourth-order valence-electron chi connectivity index (χ4n) is 2.68. The zero-order valence-corrected chi connectivity index (χ0v) is 12.6. The Morgan fingerprint density at radius 2 is 2.08 bits per heavy atom. The third-order valence-corrected chi connectivity index (χ3v) is 4.13. The van der Waals surface area contributed by atoms with Gasteiger partial charge in [0.1, 0.15) is 5.69 Å². The third kappa shape index (κ3) is 2.29. The van der Waals surface area contributed by atoms with E-state index >= 15 is 0 Å². The van der Waals surface area contributed by atoms with Gasteiger partial charge in [-0.05, 0) is 24.6 Å². The lowest BCUT2D eigenvalue weighted by Crippen LogP contribution is -2.42. The van der Waals surface area contributed by atoms with Gasteiger partial charge < -0.3 is 14.4 Å². The van der Waals surface area contributed by atoms with Crippen LogP contribution >= 0.6 is 0 Å². The first-order valence-electron chi connectivity index (χ1n) is 7.52.